The molecule has 30 heavy (non-hydrogen) atoms. The second kappa shape index (κ2) is 7.27. The molecule has 0 aliphatic rings. The Bertz CT molecular complexity index is 1520. The zero-order chi connectivity index (χ0) is 20.7. The summed E-state index contributed by atoms with van der Waals surface area (Å²) in [6.07, 6.45) is -0.00640. The fourth-order valence-corrected chi connectivity index (χ4v) is 4.40. The number of hydrogen-bond acceptors (Lipinski definition) is 7. The Kier molecular flexibility index (Phi) is 4.44. The molecule has 150 valence electrons. The number of aromatic nitrogens is 3. The van der Waals surface area contributed by atoms with Crippen LogP contribution in [0.15, 0.2) is 68.6 Å². The van der Waals surface area contributed by atoms with E-state index in [1.165, 1.54) is 22.0 Å². The number of oxazole rings is 1. The van der Waals surface area contributed by atoms with Gasteiger partial charge >= 0.3 is 11.7 Å². The number of aryl methyl sites for hydroxylation is 1. The highest BCUT2D eigenvalue weighted by Crippen LogP contribution is 2.23. The molecular formula is C21H15N3O5S. The van der Waals surface area contributed by atoms with E-state index in [9.17, 15) is 14.4 Å². The molecule has 3 heterocycles. The van der Waals surface area contributed by atoms with E-state index < -0.39 is 11.7 Å². The average molecular weight is 421 g/mol. The van der Waals surface area contributed by atoms with Gasteiger partial charge in [-0.25, -0.2) is 9.78 Å². The molecule has 0 saturated heterocycles. The van der Waals surface area contributed by atoms with Gasteiger partial charge < -0.3 is 9.15 Å². The predicted molar refractivity (Wildman–Crippen MR) is 112 cm³/mol. The third kappa shape index (κ3) is 3.18. The lowest BCUT2D eigenvalue weighted by atomic mass is 10.3. The highest BCUT2D eigenvalue weighted by molar-refractivity contribution is 7.23. The van der Waals surface area contributed by atoms with Gasteiger partial charge in [0.1, 0.15) is 6.61 Å². The first-order valence-electron chi connectivity index (χ1n) is 9.24. The maximum Gasteiger partial charge on any atom is 0.419 e. The average Bonchev–Trinajstić information content (AvgIpc) is 3.27. The number of ether oxygens (including phenoxy) is 1. The van der Waals surface area contributed by atoms with Crippen molar-refractivity contribution >= 4 is 43.6 Å². The molecular weight excluding hydrogens is 406 g/mol. The zero-order valence-electron chi connectivity index (χ0n) is 15.6. The van der Waals surface area contributed by atoms with Crippen LogP contribution in [0, 0.1) is 0 Å². The van der Waals surface area contributed by atoms with Crippen molar-refractivity contribution in [1.82, 2.24) is 14.0 Å². The number of hydrogen-bond donors (Lipinski definition) is 0. The first kappa shape index (κ1) is 18.3. The van der Waals surface area contributed by atoms with E-state index in [1.807, 2.05) is 24.3 Å². The van der Waals surface area contributed by atoms with E-state index in [4.69, 9.17) is 9.15 Å². The van der Waals surface area contributed by atoms with Crippen molar-refractivity contribution < 1.29 is 13.9 Å². The van der Waals surface area contributed by atoms with Gasteiger partial charge in [0.25, 0.3) is 5.56 Å². The topological polar surface area (TPSA) is 95.8 Å². The summed E-state index contributed by atoms with van der Waals surface area (Å²) in [4.78, 5) is 41.6. The van der Waals surface area contributed by atoms with Crippen LogP contribution in [0.2, 0.25) is 0 Å². The van der Waals surface area contributed by atoms with Crippen LogP contribution in [0.4, 0.5) is 0 Å². The quantitative estimate of drug-likeness (QED) is 0.405. The lowest BCUT2D eigenvalue weighted by Crippen LogP contribution is -2.18. The Labute approximate surface area is 172 Å². The smallest absolute Gasteiger partial charge is 0.419 e. The number of nitrogens with zero attached hydrogens (tertiary/aromatic N) is 3. The molecule has 3 aromatic heterocycles. The monoisotopic (exact) mass is 421 g/mol. The summed E-state index contributed by atoms with van der Waals surface area (Å²) in [5.41, 5.74) is 2.06. The minimum Gasteiger partial charge on any atom is -0.459 e. The van der Waals surface area contributed by atoms with E-state index in [0.29, 0.717) is 21.8 Å². The van der Waals surface area contributed by atoms with Crippen LogP contribution in [0.5, 0.6) is 0 Å². The van der Waals surface area contributed by atoms with Crippen molar-refractivity contribution in [2.24, 2.45) is 0 Å². The number of fused-ring (bicyclic) bond motifs is 4. The number of benzene rings is 2. The first-order valence-corrected chi connectivity index (χ1v) is 10.1. The van der Waals surface area contributed by atoms with Crippen LogP contribution in [0.1, 0.15) is 12.1 Å². The molecule has 0 fully saturated rings. The summed E-state index contributed by atoms with van der Waals surface area (Å²) < 4.78 is 14.3. The van der Waals surface area contributed by atoms with Gasteiger partial charge in [0.2, 0.25) is 0 Å². The number of rotatable bonds is 5. The standard InChI is InChI=1S/C21H15N3O5S/c25-18-11-13(22-20-24(18)15-6-2-4-8-17(15)30-20)12-28-19(26)9-10-23-14-5-1-3-7-16(14)29-21(23)27/h1-8,11H,9-10,12H2. The molecule has 0 atom stereocenters. The van der Waals surface area contributed by atoms with E-state index in [0.717, 1.165) is 10.2 Å². The summed E-state index contributed by atoms with van der Waals surface area (Å²) in [6, 6.07) is 15.9. The molecule has 0 radical (unpaired) electrons. The molecule has 2 aromatic carbocycles. The van der Waals surface area contributed by atoms with Gasteiger partial charge in [-0.15, -0.1) is 0 Å². The molecule has 9 heteroatoms. The molecule has 8 nitrogen and oxygen atoms in total. The van der Waals surface area contributed by atoms with Crippen molar-refractivity contribution in [3.63, 3.8) is 0 Å². The fraction of sp³-hybridized carbons (Fsp3) is 0.143. The van der Waals surface area contributed by atoms with Gasteiger partial charge in [-0.2, -0.15) is 0 Å². The van der Waals surface area contributed by atoms with Crippen LogP contribution in [-0.4, -0.2) is 19.9 Å². The van der Waals surface area contributed by atoms with E-state index in [2.05, 4.69) is 4.98 Å². The number of thiazole rings is 1. The predicted octanol–water partition coefficient (Wildman–Crippen LogP) is 2.95. The van der Waals surface area contributed by atoms with Gasteiger partial charge in [0, 0.05) is 12.6 Å². The van der Waals surface area contributed by atoms with Gasteiger partial charge in [-0.3, -0.25) is 18.6 Å². The van der Waals surface area contributed by atoms with E-state index in [-0.39, 0.29) is 25.1 Å². The van der Waals surface area contributed by atoms with E-state index in [1.54, 1.807) is 28.7 Å². The minimum atomic E-state index is -0.520. The van der Waals surface area contributed by atoms with Crippen molar-refractivity contribution in [2.75, 3.05) is 0 Å². The van der Waals surface area contributed by atoms with Gasteiger partial charge in [0.05, 0.1) is 27.8 Å². The van der Waals surface area contributed by atoms with Crippen LogP contribution >= 0.6 is 11.3 Å². The minimum absolute atomic E-state index is 0.00640. The molecule has 0 unspecified atom stereocenters. The number of para-hydroxylation sites is 3. The SMILES string of the molecule is O=C(CCn1c(=O)oc2ccccc21)OCc1cc(=O)n2c(n1)sc1ccccc12. The van der Waals surface area contributed by atoms with Crippen LogP contribution in [0.25, 0.3) is 26.3 Å². The van der Waals surface area contributed by atoms with Crippen molar-refractivity contribution in [2.45, 2.75) is 19.6 Å². The lowest BCUT2D eigenvalue weighted by molar-refractivity contribution is -0.145. The molecule has 0 N–H and O–H groups in total. The third-order valence-electron chi connectivity index (χ3n) is 4.74. The summed E-state index contributed by atoms with van der Waals surface area (Å²) in [6.45, 7) is 0.0277. The number of carbonyl (C=O) groups excluding carboxylic acids is 1. The largest absolute Gasteiger partial charge is 0.459 e. The first-order chi connectivity index (χ1) is 14.6. The van der Waals surface area contributed by atoms with Gasteiger partial charge in [0.15, 0.2) is 10.5 Å². The molecule has 0 amide bonds. The Morgan fingerprint density at radius 2 is 1.83 bits per heavy atom. The van der Waals surface area contributed by atoms with E-state index >= 15 is 0 Å². The summed E-state index contributed by atoms with van der Waals surface area (Å²) in [5, 5.41) is 0. The molecule has 5 aromatic rings. The molecule has 0 aliphatic heterocycles. The van der Waals surface area contributed by atoms with Crippen molar-refractivity contribution in [3.05, 3.63) is 81.2 Å². The Hall–Kier alpha value is -3.72. The second-order valence-corrected chi connectivity index (χ2v) is 7.68. The Morgan fingerprint density at radius 3 is 2.70 bits per heavy atom. The molecule has 0 spiro atoms. The van der Waals surface area contributed by atoms with Crippen LogP contribution in [-0.2, 0) is 22.7 Å². The van der Waals surface area contributed by atoms with Crippen molar-refractivity contribution in [1.29, 1.82) is 0 Å². The van der Waals surface area contributed by atoms with Crippen molar-refractivity contribution in [3.8, 4) is 0 Å². The molecule has 0 bridgehead atoms. The third-order valence-corrected chi connectivity index (χ3v) is 5.76. The maximum absolute atomic E-state index is 12.5. The summed E-state index contributed by atoms with van der Waals surface area (Å²) in [5.74, 6) is -1.01. The number of carbonyl (C=O) groups is 1. The summed E-state index contributed by atoms with van der Waals surface area (Å²) >= 11 is 1.40. The number of esters is 1. The molecule has 5 rings (SSSR count). The Morgan fingerprint density at radius 1 is 1.07 bits per heavy atom. The maximum atomic E-state index is 12.5. The van der Waals surface area contributed by atoms with Crippen LogP contribution in [0.3, 0.4) is 0 Å². The normalized spacial score (nSPS) is 11.5. The fourth-order valence-electron chi connectivity index (χ4n) is 3.35. The van der Waals surface area contributed by atoms with Gasteiger partial charge in [-0.05, 0) is 24.3 Å². The Balaban J connectivity index is 1.30. The lowest BCUT2D eigenvalue weighted by Gasteiger charge is -2.05. The highest BCUT2D eigenvalue weighted by atomic mass is 32.1. The molecule has 0 saturated carbocycles. The van der Waals surface area contributed by atoms with Crippen LogP contribution < -0.4 is 11.3 Å². The second-order valence-electron chi connectivity index (χ2n) is 6.67. The molecule has 0 aliphatic carbocycles. The zero-order valence-corrected chi connectivity index (χ0v) is 16.4. The summed E-state index contributed by atoms with van der Waals surface area (Å²) in [7, 11) is 0. The van der Waals surface area contributed by atoms with Gasteiger partial charge in [-0.1, -0.05) is 35.6 Å². The highest BCUT2D eigenvalue weighted by Gasteiger charge is 2.13.